The van der Waals surface area contributed by atoms with Gasteiger partial charge in [0.1, 0.15) is 18.0 Å². The molecule has 1 N–H and O–H groups in total. The van der Waals surface area contributed by atoms with E-state index in [1.165, 1.54) is 45.4 Å². The normalized spacial score (nSPS) is 10.9. The van der Waals surface area contributed by atoms with Crippen LogP contribution < -0.4 is 19.1 Å². The molecule has 1 amide bonds. The summed E-state index contributed by atoms with van der Waals surface area (Å²) in [5.41, 5.74) is 0.523. The maximum atomic E-state index is 13.6. The highest BCUT2D eigenvalue weighted by Gasteiger charge is 2.29. The van der Waals surface area contributed by atoms with Crippen molar-refractivity contribution >= 4 is 33.0 Å². The Hall–Kier alpha value is -4.12. The van der Waals surface area contributed by atoms with Crippen molar-refractivity contribution in [3.05, 3.63) is 82.4 Å². The van der Waals surface area contributed by atoms with Gasteiger partial charge in [-0.25, -0.2) is 8.42 Å². The summed E-state index contributed by atoms with van der Waals surface area (Å²) in [5, 5.41) is 14.0. The molecule has 0 atom stereocenters. The Labute approximate surface area is 196 Å². The first-order chi connectivity index (χ1) is 16.2. The molecule has 0 saturated carbocycles. The van der Waals surface area contributed by atoms with Crippen molar-refractivity contribution in [1.29, 1.82) is 0 Å². The van der Waals surface area contributed by atoms with Crippen LogP contribution in [0.15, 0.2) is 71.6 Å². The third-order valence-corrected chi connectivity index (χ3v) is 6.76. The quantitative estimate of drug-likeness (QED) is 0.361. The van der Waals surface area contributed by atoms with Crippen molar-refractivity contribution in [2.45, 2.75) is 11.8 Å². The second-order valence-electron chi connectivity index (χ2n) is 7.16. The van der Waals surface area contributed by atoms with Crippen LogP contribution in [0.1, 0.15) is 5.56 Å². The lowest BCUT2D eigenvalue weighted by Gasteiger charge is -2.24. The molecular weight excluding hydrogens is 462 g/mol. The van der Waals surface area contributed by atoms with Crippen LogP contribution in [0, 0.1) is 17.0 Å². The van der Waals surface area contributed by atoms with E-state index in [1.54, 1.807) is 36.4 Å². The van der Waals surface area contributed by atoms with E-state index in [4.69, 9.17) is 9.47 Å². The van der Waals surface area contributed by atoms with Gasteiger partial charge in [0.2, 0.25) is 5.91 Å². The molecule has 0 aliphatic rings. The van der Waals surface area contributed by atoms with E-state index in [1.807, 2.05) is 0 Å². The third kappa shape index (κ3) is 5.26. The largest absolute Gasteiger partial charge is 0.497 e. The van der Waals surface area contributed by atoms with Crippen LogP contribution in [0.2, 0.25) is 0 Å². The summed E-state index contributed by atoms with van der Waals surface area (Å²) in [6.07, 6.45) is 0. The maximum Gasteiger partial charge on any atom is 0.273 e. The lowest BCUT2D eigenvalue weighted by molar-refractivity contribution is -0.385. The summed E-state index contributed by atoms with van der Waals surface area (Å²) in [6, 6.07) is 16.4. The van der Waals surface area contributed by atoms with Gasteiger partial charge in [-0.05, 0) is 49.4 Å². The molecular formula is C23H23N3O7S. The van der Waals surface area contributed by atoms with Crippen LogP contribution in [-0.2, 0) is 14.8 Å². The number of para-hydroxylation sites is 2. The Balaban J connectivity index is 2.02. The van der Waals surface area contributed by atoms with Gasteiger partial charge in [-0.2, -0.15) is 0 Å². The number of ether oxygens (including phenoxy) is 2. The fraction of sp³-hybridized carbons (Fsp3) is 0.174. The van der Waals surface area contributed by atoms with Gasteiger partial charge in [-0.3, -0.25) is 19.2 Å². The molecule has 0 bridgehead atoms. The predicted octanol–water partition coefficient (Wildman–Crippen LogP) is 3.75. The fourth-order valence-corrected chi connectivity index (χ4v) is 4.65. The van der Waals surface area contributed by atoms with Crippen molar-refractivity contribution in [2.24, 2.45) is 0 Å². The van der Waals surface area contributed by atoms with Crippen LogP contribution in [0.3, 0.4) is 0 Å². The number of nitro groups is 1. The highest BCUT2D eigenvalue weighted by molar-refractivity contribution is 7.92. The Morgan fingerprint density at radius 1 is 1.03 bits per heavy atom. The zero-order chi connectivity index (χ0) is 24.9. The predicted molar refractivity (Wildman–Crippen MR) is 127 cm³/mol. The number of nitrogens with one attached hydrogen (secondary N) is 1. The van der Waals surface area contributed by atoms with Gasteiger partial charge >= 0.3 is 0 Å². The summed E-state index contributed by atoms with van der Waals surface area (Å²) < 4.78 is 38.3. The van der Waals surface area contributed by atoms with Crippen molar-refractivity contribution in [3.8, 4) is 11.5 Å². The molecule has 3 rings (SSSR count). The van der Waals surface area contributed by atoms with E-state index in [0.717, 1.165) is 10.4 Å². The summed E-state index contributed by atoms with van der Waals surface area (Å²) in [5.74, 6) is 0.264. The lowest BCUT2D eigenvalue weighted by atomic mass is 10.2. The highest BCUT2D eigenvalue weighted by Crippen LogP contribution is 2.29. The van der Waals surface area contributed by atoms with Gasteiger partial charge in [0.25, 0.3) is 15.7 Å². The molecule has 10 nitrogen and oxygen atoms in total. The number of amides is 1. The second kappa shape index (κ2) is 10.2. The number of nitrogens with zero attached hydrogens (tertiary/aromatic N) is 2. The van der Waals surface area contributed by atoms with E-state index in [0.29, 0.717) is 22.7 Å². The highest BCUT2D eigenvalue weighted by atomic mass is 32.2. The number of benzene rings is 3. The van der Waals surface area contributed by atoms with E-state index >= 15 is 0 Å². The van der Waals surface area contributed by atoms with Crippen LogP contribution in [0.4, 0.5) is 17.1 Å². The molecule has 178 valence electrons. The first kappa shape index (κ1) is 24.5. The molecule has 3 aromatic rings. The Morgan fingerprint density at radius 2 is 1.71 bits per heavy atom. The number of methoxy groups -OCH3 is 2. The number of anilines is 2. The Morgan fingerprint density at radius 3 is 2.32 bits per heavy atom. The summed E-state index contributed by atoms with van der Waals surface area (Å²) >= 11 is 0. The third-order valence-electron chi connectivity index (χ3n) is 4.99. The minimum atomic E-state index is -4.35. The van der Waals surface area contributed by atoms with Crippen molar-refractivity contribution < 1.29 is 27.6 Å². The topological polar surface area (TPSA) is 128 Å². The van der Waals surface area contributed by atoms with Gasteiger partial charge in [0.05, 0.1) is 35.4 Å². The molecule has 0 unspecified atom stereocenters. The van der Waals surface area contributed by atoms with Gasteiger partial charge in [-0.1, -0.05) is 18.2 Å². The zero-order valence-electron chi connectivity index (χ0n) is 18.7. The minimum Gasteiger partial charge on any atom is -0.497 e. The molecule has 3 aromatic carbocycles. The number of rotatable bonds is 9. The number of hydrogen-bond acceptors (Lipinski definition) is 7. The molecule has 0 saturated heterocycles. The summed E-state index contributed by atoms with van der Waals surface area (Å²) in [4.78, 5) is 23.3. The number of sulfonamides is 1. The van der Waals surface area contributed by atoms with E-state index in [-0.39, 0.29) is 16.3 Å². The Bertz CT molecular complexity index is 1310. The van der Waals surface area contributed by atoms with Crippen LogP contribution in [0.25, 0.3) is 0 Å². The number of carbonyl (C=O) groups excluding carboxylic acids is 1. The zero-order valence-corrected chi connectivity index (χ0v) is 19.5. The van der Waals surface area contributed by atoms with E-state index in [2.05, 4.69) is 5.32 Å². The van der Waals surface area contributed by atoms with Gasteiger partial charge in [-0.15, -0.1) is 0 Å². The maximum absolute atomic E-state index is 13.6. The van der Waals surface area contributed by atoms with Gasteiger partial charge in [0, 0.05) is 11.6 Å². The molecule has 0 spiro atoms. The first-order valence-electron chi connectivity index (χ1n) is 10.0. The van der Waals surface area contributed by atoms with Crippen LogP contribution >= 0.6 is 0 Å². The average molecular weight is 486 g/mol. The number of nitro benzene ring substituents is 1. The van der Waals surface area contributed by atoms with Gasteiger partial charge in [0.15, 0.2) is 0 Å². The smallest absolute Gasteiger partial charge is 0.273 e. The molecule has 0 aliphatic carbocycles. The first-order valence-corrected chi connectivity index (χ1v) is 11.5. The SMILES string of the molecule is COc1ccc(N(CC(=O)Nc2ccccc2OC)S(=O)(=O)c2ccc(C)c([N+](=O)[O-])c2)cc1. The average Bonchev–Trinajstić information content (AvgIpc) is 2.83. The molecule has 34 heavy (non-hydrogen) atoms. The van der Waals surface area contributed by atoms with E-state index in [9.17, 15) is 23.3 Å². The summed E-state index contributed by atoms with van der Waals surface area (Å²) in [7, 11) is -1.44. The lowest BCUT2D eigenvalue weighted by Crippen LogP contribution is -2.38. The van der Waals surface area contributed by atoms with Crippen LogP contribution in [0.5, 0.6) is 11.5 Å². The molecule has 0 aliphatic heterocycles. The second-order valence-corrected chi connectivity index (χ2v) is 9.03. The molecule has 0 fully saturated rings. The van der Waals surface area contributed by atoms with Crippen molar-refractivity contribution in [1.82, 2.24) is 0 Å². The fourth-order valence-electron chi connectivity index (χ4n) is 3.21. The van der Waals surface area contributed by atoms with E-state index < -0.39 is 27.4 Å². The standard InChI is InChI=1S/C23H23N3O7S/c1-16-8-13-19(14-21(16)26(28)29)34(30,31)25(17-9-11-18(32-2)12-10-17)15-23(27)24-20-6-4-5-7-22(20)33-3/h4-14H,15H2,1-3H3,(H,24,27). The number of aryl methyl sites for hydroxylation is 1. The minimum absolute atomic E-state index is 0.180. The molecule has 11 heteroatoms. The monoisotopic (exact) mass is 485 g/mol. The molecule has 0 radical (unpaired) electrons. The van der Waals surface area contributed by atoms with Crippen molar-refractivity contribution in [3.63, 3.8) is 0 Å². The Kier molecular flexibility index (Phi) is 7.37. The number of carbonyl (C=O) groups is 1. The molecule has 0 aromatic heterocycles. The molecule has 0 heterocycles. The number of hydrogen-bond donors (Lipinski definition) is 1. The van der Waals surface area contributed by atoms with Crippen molar-refractivity contribution in [2.75, 3.05) is 30.4 Å². The van der Waals surface area contributed by atoms with Gasteiger partial charge < -0.3 is 14.8 Å². The van der Waals surface area contributed by atoms with Crippen LogP contribution in [-0.4, -0.2) is 40.0 Å². The summed E-state index contributed by atoms with van der Waals surface area (Å²) in [6.45, 7) is 0.921.